The molecule has 0 fully saturated rings. The Hall–Kier alpha value is -1.24. The Kier molecular flexibility index (Phi) is 3.32. The van der Waals surface area contributed by atoms with Crippen LogP contribution < -0.4 is 5.26 Å². The molecule has 0 unspecified atom stereocenters. The zero-order chi connectivity index (χ0) is 6.41. The van der Waals surface area contributed by atoms with Crippen molar-refractivity contribution >= 4 is 5.97 Å². The van der Waals surface area contributed by atoms with Crippen LogP contribution in [0.5, 0.6) is 0 Å². The van der Waals surface area contributed by atoms with Gasteiger partial charge in [-0.1, -0.05) is 0 Å². The fourth-order valence-corrected chi connectivity index (χ4v) is 0.206. The van der Waals surface area contributed by atoms with E-state index >= 15 is 0 Å². The molecule has 0 bridgehead atoms. The predicted molar refractivity (Wildman–Crippen MR) is 22.2 cm³/mol. The summed E-state index contributed by atoms with van der Waals surface area (Å²) < 4.78 is 7.58. The fraction of sp³-hybridized carbons (Fsp3) is 0.500. The van der Waals surface area contributed by atoms with Crippen molar-refractivity contribution < 1.29 is 14.6 Å². The van der Waals surface area contributed by atoms with Gasteiger partial charge in [0.25, 0.3) is 6.07 Å². The van der Waals surface area contributed by atoms with Crippen LogP contribution in [-0.2, 0) is 9.31 Å². The van der Waals surface area contributed by atoms with E-state index in [0.29, 0.717) is 0 Å². The van der Waals surface area contributed by atoms with E-state index < -0.39 is 5.97 Å². The van der Waals surface area contributed by atoms with E-state index in [1.54, 1.807) is 6.92 Å². The lowest BCUT2D eigenvalue weighted by Crippen LogP contribution is -2.11. The highest BCUT2D eigenvalue weighted by atomic mass is 17.1. The van der Waals surface area contributed by atoms with Gasteiger partial charge in [-0.15, -0.1) is 0 Å². The first-order chi connectivity index (χ1) is 3.85. The molecule has 0 amide bonds. The summed E-state index contributed by atoms with van der Waals surface area (Å²) in [5.74, 6) is -0.535. The second-order valence-electron chi connectivity index (χ2n) is 0.916. The Bertz CT molecular complexity index is 124. The zero-order valence-corrected chi connectivity index (χ0v) is 4.38. The van der Waals surface area contributed by atoms with Crippen LogP contribution in [0.15, 0.2) is 0 Å². The van der Waals surface area contributed by atoms with Crippen molar-refractivity contribution in [2.45, 2.75) is 6.92 Å². The molecule has 0 aromatic carbocycles. The van der Waals surface area contributed by atoms with Gasteiger partial charge < -0.3 is 9.99 Å². The molecule has 44 valence electrons. The average molecular weight is 115 g/mol. The first kappa shape index (κ1) is 6.76. The summed E-state index contributed by atoms with van der Waals surface area (Å²) in [6.45, 7) is 1.92. The van der Waals surface area contributed by atoms with E-state index in [2.05, 4.69) is 9.31 Å². The SMILES string of the molecule is CCOC(C#N)=[O+][O-]. The number of esters is 1. The molecule has 0 spiro atoms. The number of nitriles is 1. The predicted octanol–water partition coefficient (Wildman–Crippen LogP) is -1.12. The molecule has 0 aliphatic carbocycles. The number of hydrogen-bond donors (Lipinski definition) is 0. The third-order valence-corrected chi connectivity index (χ3v) is 0.442. The summed E-state index contributed by atoms with van der Waals surface area (Å²) in [6, 6.07) is 1.41. The summed E-state index contributed by atoms with van der Waals surface area (Å²) in [7, 11) is 0. The smallest absolute Gasteiger partial charge is 0.587 e. The highest BCUT2D eigenvalue weighted by Gasteiger charge is 2.07. The highest BCUT2D eigenvalue weighted by Crippen LogP contribution is 1.72. The van der Waals surface area contributed by atoms with Crippen LogP contribution in [0.2, 0.25) is 0 Å². The maximum absolute atomic E-state index is 9.37. The van der Waals surface area contributed by atoms with Crippen LogP contribution in [0.3, 0.4) is 0 Å². The Labute approximate surface area is 46.5 Å². The van der Waals surface area contributed by atoms with Crippen LogP contribution in [-0.4, -0.2) is 12.6 Å². The minimum Gasteiger partial charge on any atom is -0.587 e. The van der Waals surface area contributed by atoms with Crippen molar-refractivity contribution in [3.8, 4) is 6.07 Å². The number of rotatable bonds is 1. The number of carbonyl (C=O) groups excluding carboxylic acids is 1. The van der Waals surface area contributed by atoms with E-state index in [9.17, 15) is 5.26 Å². The van der Waals surface area contributed by atoms with Crippen molar-refractivity contribution in [2.24, 2.45) is 0 Å². The van der Waals surface area contributed by atoms with Gasteiger partial charge in [0, 0.05) is 0 Å². The van der Waals surface area contributed by atoms with Gasteiger partial charge in [0.1, 0.15) is 0 Å². The Morgan fingerprint density at radius 1 is 2.00 bits per heavy atom. The summed E-state index contributed by atoms with van der Waals surface area (Å²) in [4.78, 5) is 0. The van der Waals surface area contributed by atoms with Crippen LogP contribution in [0.1, 0.15) is 6.92 Å². The molecule has 0 aliphatic rings. The van der Waals surface area contributed by atoms with Gasteiger partial charge in [0.15, 0.2) is 6.61 Å². The van der Waals surface area contributed by atoms with E-state index in [1.165, 1.54) is 6.07 Å². The zero-order valence-electron chi connectivity index (χ0n) is 4.38. The average Bonchev–Trinajstić information content (AvgIpc) is 1.83. The van der Waals surface area contributed by atoms with Gasteiger partial charge >= 0.3 is 5.97 Å². The minimum absolute atomic E-state index is 0.269. The van der Waals surface area contributed by atoms with Gasteiger partial charge in [-0.3, -0.25) is 4.58 Å². The number of ether oxygens (including phenoxy) is 1. The van der Waals surface area contributed by atoms with E-state index in [0.717, 1.165) is 0 Å². The molecule has 8 heavy (non-hydrogen) atoms. The van der Waals surface area contributed by atoms with Crippen molar-refractivity contribution in [3.63, 3.8) is 0 Å². The molecule has 0 aromatic rings. The lowest BCUT2D eigenvalue weighted by Gasteiger charge is -1.82. The highest BCUT2D eigenvalue weighted by molar-refractivity contribution is 5.85. The molecule has 0 radical (unpaired) electrons. The largest absolute Gasteiger partial charge is 0.609 e. The molecule has 4 nitrogen and oxygen atoms in total. The third-order valence-electron chi connectivity index (χ3n) is 0.442. The molecular formula is C4H5NO3. The van der Waals surface area contributed by atoms with Crippen molar-refractivity contribution in [2.75, 3.05) is 6.61 Å². The van der Waals surface area contributed by atoms with Crippen molar-refractivity contribution in [3.05, 3.63) is 0 Å². The molecular weight excluding hydrogens is 110 g/mol. The monoisotopic (exact) mass is 115 g/mol. The van der Waals surface area contributed by atoms with Crippen molar-refractivity contribution in [1.29, 1.82) is 5.26 Å². The molecule has 0 rings (SSSR count). The Morgan fingerprint density at radius 2 is 2.62 bits per heavy atom. The minimum atomic E-state index is -0.535. The van der Waals surface area contributed by atoms with Crippen LogP contribution in [0, 0.1) is 11.3 Å². The normalized spacial score (nSPS) is 10.2. The first-order valence-electron chi connectivity index (χ1n) is 2.04. The van der Waals surface area contributed by atoms with Gasteiger partial charge in [-0.25, -0.2) is 0 Å². The quantitative estimate of drug-likeness (QED) is 0.143. The number of hydrogen-bond acceptors (Lipinski definition) is 3. The molecule has 0 heterocycles. The number of nitrogens with zero attached hydrogens (tertiary/aromatic N) is 1. The second-order valence-corrected chi connectivity index (χ2v) is 0.916. The van der Waals surface area contributed by atoms with Crippen LogP contribution >= 0.6 is 0 Å². The van der Waals surface area contributed by atoms with E-state index in [4.69, 9.17) is 5.26 Å². The maximum Gasteiger partial charge on any atom is 0.609 e. The molecule has 0 N–H and O–H groups in total. The van der Waals surface area contributed by atoms with Crippen LogP contribution in [0.25, 0.3) is 0 Å². The summed E-state index contributed by atoms with van der Waals surface area (Å²) in [5, 5.41) is 17.3. The fourth-order valence-electron chi connectivity index (χ4n) is 0.206. The van der Waals surface area contributed by atoms with E-state index in [1.807, 2.05) is 0 Å². The van der Waals surface area contributed by atoms with Gasteiger partial charge in [-0.2, -0.15) is 5.26 Å². The standard InChI is InChI=1S/C4H5NO3/c1-2-7-4(3-5)8-6/h2H2,1H3. The van der Waals surface area contributed by atoms with Gasteiger partial charge in [-0.05, 0) is 6.92 Å². The summed E-state index contributed by atoms with van der Waals surface area (Å²) >= 11 is 0. The van der Waals surface area contributed by atoms with E-state index in [-0.39, 0.29) is 6.61 Å². The van der Waals surface area contributed by atoms with Gasteiger partial charge in [0.05, 0.1) is 0 Å². The summed E-state index contributed by atoms with van der Waals surface area (Å²) in [6.07, 6.45) is 0. The molecule has 0 saturated heterocycles. The van der Waals surface area contributed by atoms with Crippen LogP contribution in [0.4, 0.5) is 0 Å². The Morgan fingerprint density at radius 3 is 2.75 bits per heavy atom. The molecule has 0 atom stereocenters. The topological polar surface area (TPSA) is 67.4 Å². The maximum atomic E-state index is 9.37. The molecule has 0 aliphatic heterocycles. The second kappa shape index (κ2) is 3.93. The molecule has 0 saturated carbocycles. The first-order valence-corrected chi connectivity index (χ1v) is 2.04. The lowest BCUT2D eigenvalue weighted by molar-refractivity contribution is -1.05. The Balaban J connectivity index is 3.60. The van der Waals surface area contributed by atoms with Gasteiger partial charge in [0.2, 0.25) is 0 Å². The lowest BCUT2D eigenvalue weighted by atomic mass is 10.7. The molecule has 4 heteroatoms. The summed E-state index contributed by atoms with van der Waals surface area (Å²) in [5.41, 5.74) is 0. The third kappa shape index (κ3) is 2.03. The van der Waals surface area contributed by atoms with Crippen molar-refractivity contribution in [1.82, 2.24) is 0 Å². The molecule has 0 aromatic heterocycles.